The molecule has 0 radical (unpaired) electrons. The molecule has 0 atom stereocenters. The second kappa shape index (κ2) is 6.39. The summed E-state index contributed by atoms with van der Waals surface area (Å²) in [5.74, 6) is -0.258. The number of aliphatic imine (C=N–C) groups is 1. The van der Waals surface area contributed by atoms with Crippen LogP contribution in [0, 0.1) is 0 Å². The third-order valence-corrected chi connectivity index (χ3v) is 1.14. The summed E-state index contributed by atoms with van der Waals surface area (Å²) in [7, 11) is 0. The van der Waals surface area contributed by atoms with Crippen LogP contribution in [0.1, 0.15) is 19.3 Å². The van der Waals surface area contributed by atoms with Crippen molar-refractivity contribution in [2.75, 3.05) is 6.54 Å². The van der Waals surface area contributed by atoms with E-state index in [2.05, 4.69) is 22.4 Å². The lowest BCUT2D eigenvalue weighted by molar-refractivity contribution is -0.118. The number of carbonyl (C=O) groups is 1. The molecule has 3 nitrogen and oxygen atoms in total. The summed E-state index contributed by atoms with van der Waals surface area (Å²) >= 11 is 4.34. The van der Waals surface area contributed by atoms with Crippen molar-refractivity contribution in [2.45, 2.75) is 19.3 Å². The van der Waals surface area contributed by atoms with Crippen molar-refractivity contribution < 1.29 is 4.79 Å². The van der Waals surface area contributed by atoms with E-state index in [1.807, 2.05) is 0 Å². The van der Waals surface area contributed by atoms with Crippen LogP contribution >= 0.6 is 12.2 Å². The number of amides is 1. The highest BCUT2D eigenvalue weighted by Crippen LogP contribution is 1.93. The number of nitrogens with zero attached hydrogens (tertiary/aromatic N) is 1. The predicted molar refractivity (Wildman–Crippen MR) is 42.9 cm³/mol. The number of unbranched alkanes of at least 4 members (excludes halogenated alkanes) is 1. The minimum absolute atomic E-state index is 0.258. The Labute approximate surface area is 65.3 Å². The molecule has 0 heterocycles. The molecule has 0 aromatic carbocycles. The van der Waals surface area contributed by atoms with Crippen LogP contribution in [0.15, 0.2) is 4.99 Å². The number of carbonyl (C=O) groups excluding carboxylic acids is 1. The molecule has 0 aliphatic carbocycles. The molecule has 0 aromatic heterocycles. The Kier molecular flexibility index (Phi) is 5.92. The van der Waals surface area contributed by atoms with Gasteiger partial charge in [-0.3, -0.25) is 4.79 Å². The first-order chi connectivity index (χ1) is 4.77. The lowest BCUT2D eigenvalue weighted by Gasteiger charge is -1.91. The quantitative estimate of drug-likeness (QED) is 0.364. The maximum atomic E-state index is 10.2. The average Bonchev–Trinajstić information content (AvgIpc) is 1.87. The Bertz CT molecular complexity index is 148. The van der Waals surface area contributed by atoms with Crippen molar-refractivity contribution in [3.63, 3.8) is 0 Å². The molecule has 0 unspecified atom stereocenters. The number of rotatable bonds is 5. The lowest BCUT2D eigenvalue weighted by atomic mass is 10.2. The third kappa shape index (κ3) is 7.27. The van der Waals surface area contributed by atoms with Crippen molar-refractivity contribution >= 4 is 23.3 Å². The SMILES string of the molecule is NC(=O)CCCCN=C=S. The summed E-state index contributed by atoms with van der Waals surface area (Å²) < 4.78 is 0. The first kappa shape index (κ1) is 9.27. The number of thiocarbonyl (C=S) groups is 1. The highest BCUT2D eigenvalue weighted by atomic mass is 32.1. The molecular formula is C6H10N2OS. The van der Waals surface area contributed by atoms with E-state index in [4.69, 9.17) is 5.73 Å². The molecule has 0 saturated heterocycles. The third-order valence-electron chi connectivity index (χ3n) is 1.01. The largest absolute Gasteiger partial charge is 0.370 e. The van der Waals surface area contributed by atoms with Gasteiger partial charge in [-0.25, -0.2) is 4.99 Å². The maximum Gasteiger partial charge on any atom is 0.217 e. The second-order valence-electron chi connectivity index (χ2n) is 1.90. The second-order valence-corrected chi connectivity index (χ2v) is 2.08. The zero-order valence-corrected chi connectivity index (χ0v) is 6.49. The van der Waals surface area contributed by atoms with Gasteiger partial charge in [0.05, 0.1) is 5.16 Å². The summed E-state index contributed by atoms with van der Waals surface area (Å²) in [5, 5.41) is 2.25. The number of nitrogens with two attached hydrogens (primary N) is 1. The van der Waals surface area contributed by atoms with Gasteiger partial charge in [0.1, 0.15) is 0 Å². The molecule has 4 heteroatoms. The van der Waals surface area contributed by atoms with Crippen LogP contribution in [0.25, 0.3) is 0 Å². The molecule has 0 fully saturated rings. The van der Waals surface area contributed by atoms with Crippen LogP contribution in [0.4, 0.5) is 0 Å². The Hall–Kier alpha value is -0.730. The van der Waals surface area contributed by atoms with Gasteiger partial charge in [0.25, 0.3) is 0 Å². The van der Waals surface area contributed by atoms with Crippen molar-refractivity contribution in [1.29, 1.82) is 0 Å². The number of isothiocyanates is 1. The molecule has 0 aliphatic rings. The van der Waals surface area contributed by atoms with E-state index in [0.717, 1.165) is 12.8 Å². The van der Waals surface area contributed by atoms with Crippen molar-refractivity contribution in [3.05, 3.63) is 0 Å². The fraction of sp³-hybridized carbons (Fsp3) is 0.667. The van der Waals surface area contributed by atoms with E-state index in [0.29, 0.717) is 13.0 Å². The molecule has 0 saturated carbocycles. The van der Waals surface area contributed by atoms with Crippen LogP contribution in [0.2, 0.25) is 0 Å². The summed E-state index contributed by atoms with van der Waals surface area (Å²) in [4.78, 5) is 13.9. The first-order valence-electron chi connectivity index (χ1n) is 3.09. The highest BCUT2D eigenvalue weighted by Gasteiger charge is 1.91. The van der Waals surface area contributed by atoms with Crippen LogP contribution in [0.5, 0.6) is 0 Å². The van der Waals surface area contributed by atoms with Crippen LogP contribution < -0.4 is 5.73 Å². The standard InChI is InChI=1S/C6H10N2OS/c7-6(9)3-1-2-4-8-5-10/h1-4H2,(H2,7,9). The Morgan fingerprint density at radius 3 is 2.80 bits per heavy atom. The molecule has 0 rings (SSSR count). The van der Waals surface area contributed by atoms with Crippen LogP contribution in [-0.2, 0) is 4.79 Å². The van der Waals surface area contributed by atoms with Crippen molar-refractivity contribution in [3.8, 4) is 0 Å². The number of hydrogen-bond donors (Lipinski definition) is 1. The molecule has 1 amide bonds. The normalized spacial score (nSPS) is 8.40. The molecule has 0 aliphatic heterocycles. The summed E-state index contributed by atoms with van der Waals surface area (Å²) in [5.41, 5.74) is 4.90. The van der Waals surface area contributed by atoms with Gasteiger partial charge >= 0.3 is 0 Å². The van der Waals surface area contributed by atoms with Crippen molar-refractivity contribution in [2.24, 2.45) is 10.7 Å². The Morgan fingerprint density at radius 2 is 2.30 bits per heavy atom. The molecule has 0 bridgehead atoms. The molecular weight excluding hydrogens is 148 g/mol. The summed E-state index contributed by atoms with van der Waals surface area (Å²) in [6.07, 6.45) is 2.08. The topological polar surface area (TPSA) is 55.5 Å². The van der Waals surface area contributed by atoms with E-state index in [1.54, 1.807) is 0 Å². The maximum absolute atomic E-state index is 10.2. The molecule has 56 valence electrons. The smallest absolute Gasteiger partial charge is 0.217 e. The Morgan fingerprint density at radius 1 is 1.60 bits per heavy atom. The number of primary amides is 1. The van der Waals surface area contributed by atoms with Gasteiger partial charge in [-0.1, -0.05) is 0 Å². The van der Waals surface area contributed by atoms with Gasteiger partial charge < -0.3 is 5.73 Å². The van der Waals surface area contributed by atoms with Crippen LogP contribution in [-0.4, -0.2) is 17.6 Å². The van der Waals surface area contributed by atoms with E-state index in [9.17, 15) is 4.79 Å². The average molecular weight is 158 g/mol. The van der Waals surface area contributed by atoms with Gasteiger partial charge in [-0.15, -0.1) is 0 Å². The molecule has 2 N–H and O–H groups in total. The van der Waals surface area contributed by atoms with Gasteiger partial charge in [-0.2, -0.15) is 0 Å². The zero-order chi connectivity index (χ0) is 7.82. The first-order valence-corrected chi connectivity index (χ1v) is 3.50. The Balaban J connectivity index is 3.05. The molecule has 0 spiro atoms. The minimum atomic E-state index is -0.258. The van der Waals surface area contributed by atoms with Gasteiger partial charge in [0, 0.05) is 13.0 Å². The summed E-state index contributed by atoms with van der Waals surface area (Å²) in [6, 6.07) is 0. The lowest BCUT2D eigenvalue weighted by Crippen LogP contribution is -2.09. The monoisotopic (exact) mass is 158 g/mol. The minimum Gasteiger partial charge on any atom is -0.370 e. The molecule has 10 heavy (non-hydrogen) atoms. The van der Waals surface area contributed by atoms with E-state index in [-0.39, 0.29) is 5.91 Å². The fourth-order valence-corrected chi connectivity index (χ4v) is 0.627. The van der Waals surface area contributed by atoms with Gasteiger partial charge in [0.15, 0.2) is 0 Å². The zero-order valence-electron chi connectivity index (χ0n) is 5.67. The van der Waals surface area contributed by atoms with Gasteiger partial charge in [-0.05, 0) is 25.1 Å². The van der Waals surface area contributed by atoms with Crippen molar-refractivity contribution in [1.82, 2.24) is 0 Å². The predicted octanol–water partition coefficient (Wildman–Crippen LogP) is 0.745. The molecule has 0 aromatic rings. The number of hydrogen-bond acceptors (Lipinski definition) is 3. The van der Waals surface area contributed by atoms with E-state index < -0.39 is 0 Å². The summed E-state index contributed by atoms with van der Waals surface area (Å²) in [6.45, 7) is 0.650. The highest BCUT2D eigenvalue weighted by molar-refractivity contribution is 7.78. The van der Waals surface area contributed by atoms with Gasteiger partial charge in [0.2, 0.25) is 5.91 Å². The van der Waals surface area contributed by atoms with E-state index >= 15 is 0 Å². The fourth-order valence-electron chi connectivity index (χ4n) is 0.536. The van der Waals surface area contributed by atoms with E-state index in [1.165, 1.54) is 0 Å². The van der Waals surface area contributed by atoms with Crippen LogP contribution in [0.3, 0.4) is 0 Å².